The summed E-state index contributed by atoms with van der Waals surface area (Å²) >= 11 is 6.05. The molecule has 11 heteroatoms. The lowest BCUT2D eigenvalue weighted by Gasteiger charge is -2.29. The number of hydrogen-bond donors (Lipinski definition) is 5. The first kappa shape index (κ1) is 18.4. The van der Waals surface area contributed by atoms with Crippen molar-refractivity contribution in [3.63, 3.8) is 0 Å². The summed E-state index contributed by atoms with van der Waals surface area (Å²) in [7, 11) is 0. The molecule has 1 aromatic carbocycles. The summed E-state index contributed by atoms with van der Waals surface area (Å²) < 4.78 is 0. The highest BCUT2D eigenvalue weighted by molar-refractivity contribution is 6.33. The Labute approximate surface area is 164 Å². The number of nitrogens with two attached hydrogens (primary N) is 1. The molecular weight excluding hydrogens is 384 g/mol. The number of anilines is 3. The van der Waals surface area contributed by atoms with Crippen molar-refractivity contribution >= 4 is 46.2 Å². The van der Waals surface area contributed by atoms with Gasteiger partial charge >= 0.3 is 5.97 Å². The van der Waals surface area contributed by atoms with Crippen LogP contribution in [0, 0.1) is 0 Å². The Hall–Kier alpha value is -2.98. The summed E-state index contributed by atoms with van der Waals surface area (Å²) in [6.45, 7) is 0. The first-order chi connectivity index (χ1) is 13.5. The first-order valence-corrected chi connectivity index (χ1v) is 9.29. The van der Waals surface area contributed by atoms with Gasteiger partial charge in [-0.2, -0.15) is 20.3 Å². The summed E-state index contributed by atoms with van der Waals surface area (Å²) in [6, 6.07) is 4.69. The topological polar surface area (TPSA) is 155 Å². The molecule has 4 rings (SSSR count). The summed E-state index contributed by atoms with van der Waals surface area (Å²) in [5.74, 6) is -0.267. The van der Waals surface area contributed by atoms with E-state index in [9.17, 15) is 4.79 Å². The quantitative estimate of drug-likeness (QED) is 0.432. The van der Waals surface area contributed by atoms with Crippen LogP contribution in [-0.2, 0) is 0 Å². The molecule has 2 aromatic heterocycles. The number of aromatic nitrogens is 5. The van der Waals surface area contributed by atoms with Gasteiger partial charge in [-0.1, -0.05) is 24.4 Å². The number of benzene rings is 1. The minimum atomic E-state index is -1.09. The smallest absolute Gasteiger partial charge is 0.337 e. The zero-order chi connectivity index (χ0) is 19.7. The highest BCUT2D eigenvalue weighted by Crippen LogP contribution is 2.27. The highest BCUT2D eigenvalue weighted by atomic mass is 35.5. The van der Waals surface area contributed by atoms with E-state index in [1.54, 1.807) is 6.07 Å². The summed E-state index contributed by atoms with van der Waals surface area (Å²) in [4.78, 5) is 20.0. The Morgan fingerprint density at radius 1 is 1.25 bits per heavy atom. The molecule has 10 nitrogen and oxygen atoms in total. The Morgan fingerprint density at radius 3 is 2.82 bits per heavy atom. The maximum Gasteiger partial charge on any atom is 0.337 e. The summed E-state index contributed by atoms with van der Waals surface area (Å²) in [5, 5.41) is 26.3. The zero-order valence-corrected chi connectivity index (χ0v) is 15.6. The van der Waals surface area contributed by atoms with Gasteiger partial charge in [-0.3, -0.25) is 0 Å². The number of nitrogens with zero attached hydrogens (tertiary/aromatic N) is 4. The van der Waals surface area contributed by atoms with E-state index in [1.807, 2.05) is 0 Å². The van der Waals surface area contributed by atoms with Gasteiger partial charge < -0.3 is 21.5 Å². The van der Waals surface area contributed by atoms with E-state index in [-0.39, 0.29) is 22.7 Å². The number of hydrogen-bond acceptors (Lipinski definition) is 8. The fourth-order valence-electron chi connectivity index (χ4n) is 3.31. The van der Waals surface area contributed by atoms with Crippen molar-refractivity contribution in [3.05, 3.63) is 28.8 Å². The van der Waals surface area contributed by atoms with Crippen LogP contribution in [0.4, 0.5) is 17.5 Å². The van der Waals surface area contributed by atoms with Crippen molar-refractivity contribution in [1.29, 1.82) is 0 Å². The number of nitrogens with one attached hydrogen (secondary N) is 3. The van der Waals surface area contributed by atoms with Gasteiger partial charge in [0.1, 0.15) is 0 Å². The predicted molar refractivity (Wildman–Crippen MR) is 105 cm³/mol. The second-order valence-corrected chi connectivity index (χ2v) is 7.12. The molecule has 0 saturated heterocycles. The molecule has 1 saturated carbocycles. The molecule has 146 valence electrons. The summed E-state index contributed by atoms with van der Waals surface area (Å²) in [6.07, 6.45) is 4.15. The highest BCUT2D eigenvalue weighted by Gasteiger charge is 2.23. The van der Waals surface area contributed by atoms with Gasteiger partial charge in [0.25, 0.3) is 0 Å². The molecule has 0 radical (unpaired) electrons. The van der Waals surface area contributed by atoms with Crippen LogP contribution in [0.1, 0.15) is 36.0 Å². The van der Waals surface area contributed by atoms with Crippen LogP contribution in [-0.4, -0.2) is 48.5 Å². The average Bonchev–Trinajstić information content (AvgIpc) is 3.12. The van der Waals surface area contributed by atoms with E-state index >= 15 is 0 Å². The molecule has 0 spiro atoms. The van der Waals surface area contributed by atoms with Gasteiger partial charge in [-0.05, 0) is 31.0 Å². The largest absolute Gasteiger partial charge is 0.478 e. The standard InChI is InChI=1S/C17H19ClN8O2/c18-10-7-8(5-6-9(10)16(27)28)20-14-13-15(25-26-24-13)23-17(22-14)21-12-4-2-1-3-11(12)19/h5-7,11-12H,1-4,19H2,(H,27,28)(H3,20,21,22,23,24,25,26). The normalized spacial score (nSPS) is 19.5. The van der Waals surface area contributed by atoms with E-state index < -0.39 is 5.97 Å². The minimum absolute atomic E-state index is 0.0233. The van der Waals surface area contributed by atoms with Crippen molar-refractivity contribution in [2.75, 3.05) is 10.6 Å². The molecule has 2 atom stereocenters. The molecule has 0 bridgehead atoms. The number of aromatic carboxylic acids is 1. The number of fused-ring (bicyclic) bond motifs is 1. The number of aromatic amines is 1. The van der Waals surface area contributed by atoms with Crippen LogP contribution >= 0.6 is 11.6 Å². The van der Waals surface area contributed by atoms with E-state index in [2.05, 4.69) is 36.0 Å². The molecule has 1 aliphatic rings. The fourth-order valence-corrected chi connectivity index (χ4v) is 3.57. The predicted octanol–water partition coefficient (Wildman–Crippen LogP) is 2.52. The number of carboxylic acids is 1. The fraction of sp³-hybridized carbons (Fsp3) is 0.353. The van der Waals surface area contributed by atoms with Crippen LogP contribution in [0.5, 0.6) is 0 Å². The molecular formula is C17H19ClN8O2. The van der Waals surface area contributed by atoms with Crippen molar-refractivity contribution in [2.45, 2.75) is 37.8 Å². The summed E-state index contributed by atoms with van der Waals surface area (Å²) in [5.41, 5.74) is 7.65. The molecule has 2 heterocycles. The number of rotatable bonds is 5. The lowest BCUT2D eigenvalue weighted by molar-refractivity contribution is 0.0697. The number of halogens is 1. The molecule has 3 aromatic rings. The van der Waals surface area contributed by atoms with Gasteiger partial charge in [0.15, 0.2) is 11.3 Å². The third-order valence-electron chi connectivity index (χ3n) is 4.78. The number of H-pyrrole nitrogens is 1. The number of carbonyl (C=O) groups is 1. The monoisotopic (exact) mass is 402 g/mol. The molecule has 1 fully saturated rings. The molecule has 1 aliphatic carbocycles. The Bertz CT molecular complexity index is 1020. The minimum Gasteiger partial charge on any atom is -0.478 e. The molecule has 28 heavy (non-hydrogen) atoms. The van der Waals surface area contributed by atoms with Gasteiger partial charge in [-0.15, -0.1) is 5.10 Å². The van der Waals surface area contributed by atoms with Gasteiger partial charge in [-0.25, -0.2) is 4.79 Å². The molecule has 0 amide bonds. The third-order valence-corrected chi connectivity index (χ3v) is 5.09. The van der Waals surface area contributed by atoms with Crippen molar-refractivity contribution in [1.82, 2.24) is 25.4 Å². The van der Waals surface area contributed by atoms with E-state index in [4.69, 9.17) is 22.4 Å². The van der Waals surface area contributed by atoms with Gasteiger partial charge in [0.05, 0.1) is 10.6 Å². The molecule has 0 aliphatic heterocycles. The second kappa shape index (κ2) is 7.56. The van der Waals surface area contributed by atoms with Crippen LogP contribution in [0.15, 0.2) is 18.2 Å². The van der Waals surface area contributed by atoms with Crippen molar-refractivity contribution < 1.29 is 9.90 Å². The van der Waals surface area contributed by atoms with E-state index in [0.717, 1.165) is 25.7 Å². The van der Waals surface area contributed by atoms with Gasteiger partial charge in [0.2, 0.25) is 11.6 Å². The second-order valence-electron chi connectivity index (χ2n) is 6.72. The van der Waals surface area contributed by atoms with Crippen LogP contribution in [0.2, 0.25) is 5.02 Å². The Kier molecular flexibility index (Phi) is 4.97. The lowest BCUT2D eigenvalue weighted by atomic mass is 9.91. The van der Waals surface area contributed by atoms with Crippen LogP contribution in [0.25, 0.3) is 11.2 Å². The van der Waals surface area contributed by atoms with E-state index in [0.29, 0.717) is 28.6 Å². The molecule has 2 unspecified atom stereocenters. The third kappa shape index (κ3) is 3.69. The zero-order valence-electron chi connectivity index (χ0n) is 14.8. The first-order valence-electron chi connectivity index (χ1n) is 8.92. The van der Waals surface area contributed by atoms with Crippen molar-refractivity contribution in [3.8, 4) is 0 Å². The Morgan fingerprint density at radius 2 is 2.07 bits per heavy atom. The maximum absolute atomic E-state index is 11.1. The van der Waals surface area contributed by atoms with Crippen molar-refractivity contribution in [2.24, 2.45) is 5.73 Å². The van der Waals surface area contributed by atoms with E-state index in [1.165, 1.54) is 12.1 Å². The SMILES string of the molecule is NC1CCCCC1Nc1nc(Nc2ccc(C(=O)O)c(Cl)c2)c2n[nH]nc2n1. The molecule has 6 N–H and O–H groups in total. The maximum atomic E-state index is 11.1. The van der Waals surface area contributed by atoms with Gasteiger partial charge in [0, 0.05) is 17.8 Å². The average molecular weight is 403 g/mol. The number of carboxylic acid groups (broad SMARTS) is 1. The Balaban J connectivity index is 1.63. The van der Waals surface area contributed by atoms with Crippen LogP contribution < -0.4 is 16.4 Å². The van der Waals surface area contributed by atoms with Crippen LogP contribution in [0.3, 0.4) is 0 Å². The lowest BCUT2D eigenvalue weighted by Crippen LogP contribution is -2.43.